The molecule has 7 nitrogen and oxygen atoms in total. The number of aromatic nitrogens is 1. The molecule has 3 N–H and O–H groups in total. The summed E-state index contributed by atoms with van der Waals surface area (Å²) in [5, 5.41) is 14.8. The first-order valence-corrected chi connectivity index (χ1v) is 10.4. The summed E-state index contributed by atoms with van der Waals surface area (Å²) in [6.45, 7) is 4.13. The number of pyridine rings is 1. The molecule has 0 bridgehead atoms. The fourth-order valence-electron chi connectivity index (χ4n) is 3.85. The Morgan fingerprint density at radius 3 is 3.00 bits per heavy atom. The minimum atomic E-state index is -0.253. The van der Waals surface area contributed by atoms with E-state index >= 15 is 0 Å². The van der Waals surface area contributed by atoms with E-state index in [-0.39, 0.29) is 24.9 Å². The molecule has 0 aliphatic carbocycles. The van der Waals surface area contributed by atoms with Gasteiger partial charge in [0, 0.05) is 23.9 Å². The van der Waals surface area contributed by atoms with Gasteiger partial charge in [0.2, 0.25) is 0 Å². The molecule has 1 atom stereocenters. The van der Waals surface area contributed by atoms with E-state index in [1.807, 2.05) is 49.6 Å². The summed E-state index contributed by atoms with van der Waals surface area (Å²) in [7, 11) is 1.89. The number of esters is 1. The monoisotopic (exact) mass is 412 g/mol. The van der Waals surface area contributed by atoms with Gasteiger partial charge in [-0.25, -0.2) is 4.98 Å². The second kappa shape index (κ2) is 7.98. The molecule has 8 heteroatoms. The first-order valence-electron chi connectivity index (χ1n) is 9.54. The maximum Gasteiger partial charge on any atom is 0.306 e. The molecule has 0 spiro atoms. The minimum absolute atomic E-state index is 0.0470. The molecule has 1 aliphatic heterocycles. The van der Waals surface area contributed by atoms with Crippen molar-refractivity contribution >= 4 is 38.9 Å². The van der Waals surface area contributed by atoms with Crippen LogP contribution in [-0.4, -0.2) is 29.7 Å². The molecule has 3 heterocycles. The number of aliphatic hydroxyl groups is 1. The number of nitrogens with zero attached hydrogens (tertiary/aromatic N) is 2. The van der Waals surface area contributed by atoms with Gasteiger partial charge in [-0.3, -0.25) is 15.2 Å². The fraction of sp³-hybridized carbons (Fsp3) is 0.333. The molecule has 2 aromatic heterocycles. The zero-order valence-electron chi connectivity index (χ0n) is 16.7. The molecule has 0 saturated heterocycles. The van der Waals surface area contributed by atoms with Crippen molar-refractivity contribution in [2.45, 2.75) is 32.8 Å². The van der Waals surface area contributed by atoms with E-state index in [9.17, 15) is 9.90 Å². The summed E-state index contributed by atoms with van der Waals surface area (Å²) in [5.74, 6) is 0.330. The number of aliphatic hydroxyl groups excluding tert-OH is 1. The Balaban J connectivity index is 1.84. The number of thiophene rings is 1. The van der Waals surface area contributed by atoms with Crippen molar-refractivity contribution in [1.82, 2.24) is 10.5 Å². The molecule has 1 aliphatic rings. The Hall–Kier alpha value is -2.68. The number of fused-ring (bicyclic) bond motifs is 2. The van der Waals surface area contributed by atoms with Gasteiger partial charge in [0.15, 0.2) is 5.82 Å². The lowest BCUT2D eigenvalue weighted by atomic mass is 9.85. The van der Waals surface area contributed by atoms with Gasteiger partial charge in [0.25, 0.3) is 0 Å². The summed E-state index contributed by atoms with van der Waals surface area (Å²) in [6, 6.07) is 6.13. The fourth-order valence-corrected chi connectivity index (χ4v) is 4.74. The van der Waals surface area contributed by atoms with Gasteiger partial charge >= 0.3 is 5.97 Å². The number of carbonyl (C=O) groups excluding carboxylic acids is 1. The average molecular weight is 413 g/mol. The summed E-state index contributed by atoms with van der Waals surface area (Å²) >= 11 is 1.61. The molecular formula is C21H24N4O3S. The van der Waals surface area contributed by atoms with E-state index in [1.54, 1.807) is 11.3 Å². The van der Waals surface area contributed by atoms with Gasteiger partial charge in [0.1, 0.15) is 0 Å². The predicted molar refractivity (Wildman–Crippen MR) is 115 cm³/mol. The summed E-state index contributed by atoms with van der Waals surface area (Å²) in [5.41, 5.74) is 10.9. The smallest absolute Gasteiger partial charge is 0.306 e. The van der Waals surface area contributed by atoms with Crippen molar-refractivity contribution in [2.75, 3.05) is 24.1 Å². The van der Waals surface area contributed by atoms with Gasteiger partial charge in [-0.15, -0.1) is 16.9 Å². The molecule has 4 rings (SSSR count). The molecule has 3 aromatic rings. The molecular weight excluding hydrogens is 388 g/mol. The molecule has 0 fully saturated rings. The van der Waals surface area contributed by atoms with Crippen molar-refractivity contribution in [3.63, 3.8) is 0 Å². The van der Waals surface area contributed by atoms with Crippen LogP contribution < -0.4 is 16.0 Å². The maximum absolute atomic E-state index is 12.4. The number of hydrazine groups is 2. The lowest BCUT2D eigenvalue weighted by Crippen LogP contribution is -2.32. The van der Waals surface area contributed by atoms with Crippen LogP contribution >= 0.6 is 11.3 Å². The molecule has 152 valence electrons. The lowest BCUT2D eigenvalue weighted by Gasteiger charge is -2.21. The second-order valence-corrected chi connectivity index (χ2v) is 7.99. The van der Waals surface area contributed by atoms with E-state index in [1.165, 1.54) is 0 Å². The van der Waals surface area contributed by atoms with Crippen LogP contribution in [0.15, 0.2) is 29.8 Å². The number of nitrogens with one attached hydrogen (secondary N) is 2. The van der Waals surface area contributed by atoms with Crippen LogP contribution in [-0.2, 0) is 16.1 Å². The van der Waals surface area contributed by atoms with Crippen LogP contribution in [0, 0.1) is 6.92 Å². The third kappa shape index (κ3) is 3.55. The molecule has 1 aromatic carbocycles. The first-order chi connectivity index (χ1) is 14.0. The van der Waals surface area contributed by atoms with Gasteiger partial charge in [0.05, 0.1) is 25.3 Å². The Kier molecular flexibility index (Phi) is 5.40. The maximum atomic E-state index is 12.4. The second-order valence-electron chi connectivity index (χ2n) is 7.07. The van der Waals surface area contributed by atoms with Gasteiger partial charge in [-0.05, 0) is 59.0 Å². The minimum Gasteiger partial charge on any atom is -0.466 e. The normalized spacial score (nSPS) is 14.0. The number of hydrogen-bond acceptors (Lipinski definition) is 8. The Bertz CT molecular complexity index is 1070. The van der Waals surface area contributed by atoms with Crippen LogP contribution in [0.1, 0.15) is 41.5 Å². The third-order valence-electron chi connectivity index (χ3n) is 5.30. The van der Waals surface area contributed by atoms with Gasteiger partial charge in [-0.1, -0.05) is 6.07 Å². The number of rotatable bonds is 6. The highest BCUT2D eigenvalue weighted by molar-refractivity contribution is 7.17. The van der Waals surface area contributed by atoms with Crippen LogP contribution in [0.4, 0.5) is 11.5 Å². The van der Waals surface area contributed by atoms with E-state index in [2.05, 4.69) is 22.0 Å². The summed E-state index contributed by atoms with van der Waals surface area (Å²) in [4.78, 5) is 17.0. The highest BCUT2D eigenvalue weighted by atomic mass is 32.1. The lowest BCUT2D eigenvalue weighted by molar-refractivity contribution is -0.143. The molecule has 1 unspecified atom stereocenters. The third-order valence-corrected chi connectivity index (χ3v) is 6.30. The Morgan fingerprint density at radius 2 is 2.24 bits per heavy atom. The van der Waals surface area contributed by atoms with Crippen LogP contribution in [0.2, 0.25) is 0 Å². The standard InChI is InChI=1S/C21H24N4O3S/c1-4-28-18(27)9-16(14-7-13-5-6-29-20(13)15(8-14)11-26)17-10-22-21-19(12(17)2)23-24-25(21)3/h5-8,10,16,23-24,26H,4,9,11H2,1-3H3. The van der Waals surface area contributed by atoms with E-state index in [0.29, 0.717) is 6.61 Å². The van der Waals surface area contributed by atoms with Crippen LogP contribution in [0.5, 0.6) is 0 Å². The van der Waals surface area contributed by atoms with E-state index in [0.717, 1.165) is 43.8 Å². The Labute approximate surface area is 173 Å². The highest BCUT2D eigenvalue weighted by Crippen LogP contribution is 2.39. The highest BCUT2D eigenvalue weighted by Gasteiger charge is 2.27. The number of ether oxygens (including phenoxy) is 1. The summed E-state index contributed by atoms with van der Waals surface area (Å²) in [6.07, 6.45) is 2.04. The van der Waals surface area contributed by atoms with E-state index < -0.39 is 0 Å². The van der Waals surface area contributed by atoms with Crippen molar-refractivity contribution in [1.29, 1.82) is 0 Å². The number of carbonyl (C=O) groups is 1. The van der Waals surface area contributed by atoms with Crippen molar-refractivity contribution in [2.24, 2.45) is 0 Å². The predicted octanol–water partition coefficient (Wildman–Crippen LogP) is 3.46. The SMILES string of the molecule is CCOC(=O)CC(c1cc(CO)c2sccc2c1)c1cnc2c(c1C)NNN2C. The first kappa shape index (κ1) is 19.6. The molecule has 29 heavy (non-hydrogen) atoms. The number of hydrogen-bond donors (Lipinski definition) is 3. The van der Waals surface area contributed by atoms with Gasteiger partial charge < -0.3 is 9.84 Å². The Morgan fingerprint density at radius 1 is 1.41 bits per heavy atom. The quantitative estimate of drug-likeness (QED) is 0.535. The molecule has 0 radical (unpaired) electrons. The number of anilines is 2. The zero-order chi connectivity index (χ0) is 20.5. The molecule has 0 saturated carbocycles. The van der Waals surface area contributed by atoms with Crippen molar-refractivity contribution in [3.05, 3.63) is 52.0 Å². The topological polar surface area (TPSA) is 86.7 Å². The van der Waals surface area contributed by atoms with Crippen molar-refractivity contribution in [3.8, 4) is 0 Å². The average Bonchev–Trinajstić information content (AvgIpc) is 3.33. The zero-order valence-corrected chi connectivity index (χ0v) is 17.5. The van der Waals surface area contributed by atoms with Crippen LogP contribution in [0.3, 0.4) is 0 Å². The van der Waals surface area contributed by atoms with Gasteiger partial charge in [-0.2, -0.15) is 0 Å². The number of benzene rings is 1. The largest absolute Gasteiger partial charge is 0.466 e. The summed E-state index contributed by atoms with van der Waals surface area (Å²) < 4.78 is 6.32. The van der Waals surface area contributed by atoms with Crippen LogP contribution in [0.25, 0.3) is 10.1 Å². The molecule has 0 amide bonds. The van der Waals surface area contributed by atoms with E-state index in [4.69, 9.17) is 4.74 Å². The van der Waals surface area contributed by atoms with Crippen molar-refractivity contribution < 1.29 is 14.6 Å².